The van der Waals surface area contributed by atoms with Gasteiger partial charge < -0.3 is 15.3 Å². The molecule has 2 aromatic carbocycles. The van der Waals surface area contributed by atoms with Crippen LogP contribution in [0.2, 0.25) is 0 Å². The molecule has 0 radical (unpaired) electrons. The Morgan fingerprint density at radius 3 is 2.26 bits per heavy atom. The predicted molar refractivity (Wildman–Crippen MR) is 68.3 cm³/mol. The number of hydrogen-bond donors (Lipinski definition) is 3. The molecule has 94 valence electrons. The quantitative estimate of drug-likeness (QED) is 0.563. The molecule has 0 spiro atoms. The average molecular weight is 255 g/mol. The number of azo groups is 1. The summed E-state index contributed by atoms with van der Waals surface area (Å²) in [7, 11) is 0. The van der Waals surface area contributed by atoms with Gasteiger partial charge in [0.25, 0.3) is 0 Å². The third-order valence-corrected chi connectivity index (χ3v) is 2.31. The van der Waals surface area contributed by atoms with Crippen molar-refractivity contribution in [3.05, 3.63) is 47.8 Å². The summed E-state index contributed by atoms with van der Waals surface area (Å²) in [5.74, 6) is -0.437. The molecule has 0 unspecified atom stereocenters. The molecule has 3 N–H and O–H groups in total. The highest BCUT2D eigenvalue weighted by Crippen LogP contribution is 2.35. The number of rotatable bonds is 2. The first kappa shape index (κ1) is 12.4. The molecule has 0 amide bonds. The first-order valence-electron chi connectivity index (χ1n) is 5.24. The van der Waals surface area contributed by atoms with E-state index in [2.05, 4.69) is 15.1 Å². The van der Waals surface area contributed by atoms with E-state index in [0.717, 1.165) is 6.07 Å². The van der Waals surface area contributed by atoms with Crippen molar-refractivity contribution in [2.75, 3.05) is 0 Å². The minimum Gasteiger partial charge on any atom is -0.508 e. The van der Waals surface area contributed by atoms with Crippen LogP contribution in [0.1, 0.15) is 0 Å². The van der Waals surface area contributed by atoms with Crippen LogP contribution >= 0.6 is 0 Å². The van der Waals surface area contributed by atoms with Gasteiger partial charge in [-0.2, -0.15) is 0 Å². The van der Waals surface area contributed by atoms with Crippen molar-refractivity contribution < 1.29 is 15.3 Å². The molecule has 0 heterocycles. The maximum atomic E-state index is 9.56. The van der Waals surface area contributed by atoms with E-state index in [-0.39, 0.29) is 28.6 Å². The zero-order chi connectivity index (χ0) is 13.8. The van der Waals surface area contributed by atoms with Crippen LogP contribution in [0.25, 0.3) is 4.85 Å². The molecule has 0 fully saturated rings. The van der Waals surface area contributed by atoms with Crippen molar-refractivity contribution in [1.82, 2.24) is 0 Å². The number of nitrogens with zero attached hydrogens (tertiary/aromatic N) is 3. The molecule has 2 aromatic rings. The predicted octanol–water partition coefficient (Wildman–Crippen LogP) is 3.77. The largest absolute Gasteiger partial charge is 0.508 e. The summed E-state index contributed by atoms with van der Waals surface area (Å²) in [5, 5.41) is 35.7. The fourth-order valence-corrected chi connectivity index (χ4v) is 1.37. The van der Waals surface area contributed by atoms with Crippen LogP contribution in [0.15, 0.2) is 46.6 Å². The summed E-state index contributed by atoms with van der Waals surface area (Å²) in [6.45, 7) is 6.87. The molecule has 2 rings (SSSR count). The monoisotopic (exact) mass is 255 g/mol. The van der Waals surface area contributed by atoms with Gasteiger partial charge in [0.2, 0.25) is 0 Å². The summed E-state index contributed by atoms with van der Waals surface area (Å²) in [4.78, 5) is 3.21. The second-order valence-corrected chi connectivity index (χ2v) is 3.66. The summed E-state index contributed by atoms with van der Waals surface area (Å²) in [5.41, 5.74) is 0.591. The van der Waals surface area contributed by atoms with E-state index in [0.29, 0.717) is 5.69 Å². The Morgan fingerprint density at radius 1 is 0.842 bits per heavy atom. The Balaban J connectivity index is 2.35. The molecule has 0 saturated heterocycles. The van der Waals surface area contributed by atoms with Crippen molar-refractivity contribution in [2.24, 2.45) is 10.2 Å². The van der Waals surface area contributed by atoms with Crippen molar-refractivity contribution >= 4 is 17.1 Å². The molecule has 0 saturated carbocycles. The lowest BCUT2D eigenvalue weighted by molar-refractivity contribution is 0.451. The molecule has 19 heavy (non-hydrogen) atoms. The standard InChI is InChI=1S/C13H9N3O3/c1-14-8-2-5-12(18)11(6-8)16-15-10-4-3-9(17)7-13(10)19/h2-7,17-19H. The van der Waals surface area contributed by atoms with E-state index in [9.17, 15) is 10.2 Å². The molecule has 6 heteroatoms. The van der Waals surface area contributed by atoms with Crippen molar-refractivity contribution in [3.63, 3.8) is 0 Å². The Bertz CT molecular complexity index is 690. The van der Waals surface area contributed by atoms with Crippen molar-refractivity contribution in [2.45, 2.75) is 0 Å². The maximum Gasteiger partial charge on any atom is 0.189 e. The lowest BCUT2D eigenvalue weighted by atomic mass is 10.2. The Morgan fingerprint density at radius 2 is 1.58 bits per heavy atom. The van der Waals surface area contributed by atoms with Gasteiger partial charge in [0, 0.05) is 6.07 Å². The van der Waals surface area contributed by atoms with Crippen LogP contribution in [-0.2, 0) is 0 Å². The third-order valence-electron chi connectivity index (χ3n) is 2.31. The number of phenols is 3. The van der Waals surface area contributed by atoms with Crippen LogP contribution in [0.4, 0.5) is 17.1 Å². The fourth-order valence-electron chi connectivity index (χ4n) is 1.37. The molecular formula is C13H9N3O3. The number of aromatic hydroxyl groups is 3. The highest BCUT2D eigenvalue weighted by molar-refractivity contribution is 5.62. The second-order valence-electron chi connectivity index (χ2n) is 3.66. The summed E-state index contributed by atoms with van der Waals surface area (Å²) < 4.78 is 0. The maximum absolute atomic E-state index is 9.56. The zero-order valence-corrected chi connectivity index (χ0v) is 9.65. The normalized spacial score (nSPS) is 10.5. The minimum atomic E-state index is -0.232. The first-order chi connectivity index (χ1) is 9.10. The van der Waals surface area contributed by atoms with Crippen LogP contribution in [0, 0.1) is 6.57 Å². The number of phenolic OH excluding ortho intramolecular Hbond substituents is 3. The van der Waals surface area contributed by atoms with Gasteiger partial charge in [-0.25, -0.2) is 4.85 Å². The van der Waals surface area contributed by atoms with Gasteiger partial charge in [-0.15, -0.1) is 10.2 Å². The van der Waals surface area contributed by atoms with E-state index in [1.807, 2.05) is 0 Å². The number of hydrogen-bond acceptors (Lipinski definition) is 5. The molecular weight excluding hydrogens is 246 g/mol. The van der Waals surface area contributed by atoms with E-state index < -0.39 is 0 Å². The van der Waals surface area contributed by atoms with Crippen LogP contribution < -0.4 is 0 Å². The van der Waals surface area contributed by atoms with Gasteiger partial charge in [-0.3, -0.25) is 0 Å². The summed E-state index contributed by atoms with van der Waals surface area (Å²) >= 11 is 0. The van der Waals surface area contributed by atoms with Crippen LogP contribution in [-0.4, -0.2) is 15.3 Å². The highest BCUT2D eigenvalue weighted by Gasteiger charge is 2.03. The van der Waals surface area contributed by atoms with Gasteiger partial charge in [0.05, 0.1) is 6.57 Å². The molecule has 0 aromatic heterocycles. The molecule has 0 aliphatic heterocycles. The van der Waals surface area contributed by atoms with E-state index in [1.165, 1.54) is 30.3 Å². The van der Waals surface area contributed by atoms with Gasteiger partial charge in [-0.05, 0) is 24.3 Å². The van der Waals surface area contributed by atoms with E-state index >= 15 is 0 Å². The fraction of sp³-hybridized carbons (Fsp3) is 0. The van der Waals surface area contributed by atoms with Crippen molar-refractivity contribution in [3.8, 4) is 17.2 Å². The zero-order valence-electron chi connectivity index (χ0n) is 9.65. The van der Waals surface area contributed by atoms with Gasteiger partial charge in [-0.1, -0.05) is 6.07 Å². The molecule has 0 aliphatic carbocycles. The Hall–Kier alpha value is -3.07. The minimum absolute atomic E-state index is 0.0886. The Kier molecular flexibility index (Phi) is 3.30. The van der Waals surface area contributed by atoms with E-state index in [4.69, 9.17) is 11.7 Å². The van der Waals surface area contributed by atoms with Gasteiger partial charge in [0.15, 0.2) is 5.69 Å². The topological polar surface area (TPSA) is 89.8 Å². The highest BCUT2D eigenvalue weighted by atomic mass is 16.3. The summed E-state index contributed by atoms with van der Waals surface area (Å²) in [6, 6.07) is 8.04. The van der Waals surface area contributed by atoms with Gasteiger partial charge in [0.1, 0.15) is 28.6 Å². The third kappa shape index (κ3) is 2.79. The molecule has 0 bridgehead atoms. The smallest absolute Gasteiger partial charge is 0.189 e. The SMILES string of the molecule is [C-]#[N+]c1ccc(O)c(N=Nc2ccc(O)cc2O)c1. The molecule has 6 nitrogen and oxygen atoms in total. The lowest BCUT2D eigenvalue weighted by Crippen LogP contribution is -1.70. The second kappa shape index (κ2) is 5.06. The van der Waals surface area contributed by atoms with Crippen molar-refractivity contribution in [1.29, 1.82) is 0 Å². The molecule has 0 atom stereocenters. The van der Waals surface area contributed by atoms with Gasteiger partial charge >= 0.3 is 0 Å². The summed E-state index contributed by atoms with van der Waals surface area (Å²) in [6.07, 6.45) is 0. The van der Waals surface area contributed by atoms with Crippen LogP contribution in [0.5, 0.6) is 17.2 Å². The Labute approximate surface area is 108 Å². The molecule has 0 aliphatic rings. The number of benzene rings is 2. The van der Waals surface area contributed by atoms with Crippen LogP contribution in [0.3, 0.4) is 0 Å². The lowest BCUT2D eigenvalue weighted by Gasteiger charge is -2.00. The first-order valence-corrected chi connectivity index (χ1v) is 5.24. The average Bonchev–Trinajstić information content (AvgIpc) is 2.39. The van der Waals surface area contributed by atoms with E-state index in [1.54, 1.807) is 0 Å².